The van der Waals surface area contributed by atoms with Crippen LogP contribution in [-0.2, 0) is 6.42 Å². The molecule has 0 atom stereocenters. The molecule has 71 valence electrons. The molecule has 0 spiro atoms. The van der Waals surface area contributed by atoms with Crippen LogP contribution in [-0.4, -0.2) is 4.98 Å². The molecule has 0 aliphatic rings. The van der Waals surface area contributed by atoms with Gasteiger partial charge in [0.25, 0.3) is 0 Å². The minimum atomic E-state index is 0.763. The molecule has 0 saturated heterocycles. The highest BCUT2D eigenvalue weighted by Crippen LogP contribution is 2.19. The van der Waals surface area contributed by atoms with Crippen LogP contribution in [0.4, 0.5) is 0 Å². The van der Waals surface area contributed by atoms with Crippen LogP contribution in [0, 0.1) is 6.92 Å². The van der Waals surface area contributed by atoms with Crippen molar-refractivity contribution in [1.29, 1.82) is 0 Å². The van der Waals surface area contributed by atoms with Gasteiger partial charge in [0.1, 0.15) is 0 Å². The van der Waals surface area contributed by atoms with Crippen LogP contribution < -0.4 is 0 Å². The first kappa shape index (κ1) is 9.00. The Bertz CT molecular complexity index is 392. The molecule has 2 rings (SSSR count). The van der Waals surface area contributed by atoms with Gasteiger partial charge >= 0.3 is 0 Å². The molecule has 2 aromatic rings. The van der Waals surface area contributed by atoms with Gasteiger partial charge < -0.3 is 4.42 Å². The Morgan fingerprint density at radius 2 is 2.00 bits per heavy atom. The monoisotopic (exact) mass is 186 g/mol. The van der Waals surface area contributed by atoms with Crippen LogP contribution in [0.1, 0.15) is 12.3 Å². The summed E-state index contributed by atoms with van der Waals surface area (Å²) in [5, 5.41) is 0. The van der Waals surface area contributed by atoms with Crippen molar-refractivity contribution in [1.82, 2.24) is 4.98 Å². The topological polar surface area (TPSA) is 26.0 Å². The number of aryl methyl sites for hydroxylation is 1. The summed E-state index contributed by atoms with van der Waals surface area (Å²) in [6.07, 6.45) is 3.38. The number of oxazole rings is 1. The first-order valence-corrected chi connectivity index (χ1v) is 4.69. The molecule has 0 aliphatic heterocycles. The predicted molar refractivity (Wildman–Crippen MR) is 55.6 cm³/mol. The first-order valence-electron chi connectivity index (χ1n) is 4.69. The summed E-state index contributed by atoms with van der Waals surface area (Å²) in [6.45, 7) is 3.76. The van der Waals surface area contributed by atoms with E-state index in [9.17, 15) is 0 Å². The van der Waals surface area contributed by atoms with Gasteiger partial charge in [0, 0.05) is 12.0 Å². The molecule has 2 nitrogen and oxygen atoms in total. The molecule has 0 amide bonds. The van der Waals surface area contributed by atoms with Gasteiger partial charge in [-0.2, -0.15) is 0 Å². The van der Waals surface area contributed by atoms with Gasteiger partial charge in [0.2, 0.25) is 0 Å². The summed E-state index contributed by atoms with van der Waals surface area (Å²) in [7, 11) is 0. The third kappa shape index (κ3) is 1.84. The van der Waals surface area contributed by atoms with Crippen molar-refractivity contribution in [3.63, 3.8) is 0 Å². The van der Waals surface area contributed by atoms with Gasteiger partial charge in [-0.1, -0.05) is 37.3 Å². The second-order valence-electron chi connectivity index (χ2n) is 3.09. The lowest BCUT2D eigenvalue weighted by molar-refractivity contribution is 0.507. The molecule has 0 unspecified atom stereocenters. The van der Waals surface area contributed by atoms with E-state index in [0.29, 0.717) is 0 Å². The number of hydrogen-bond acceptors (Lipinski definition) is 2. The normalized spacial score (nSPS) is 10.4. The molecule has 2 heteroatoms. The summed E-state index contributed by atoms with van der Waals surface area (Å²) in [5.74, 6) is 1.59. The Hall–Kier alpha value is -1.57. The van der Waals surface area contributed by atoms with Crippen LogP contribution in [0.3, 0.4) is 0 Å². The van der Waals surface area contributed by atoms with E-state index in [-0.39, 0.29) is 0 Å². The molecule has 1 radical (unpaired) electrons. The highest BCUT2D eigenvalue weighted by atomic mass is 16.4. The Balaban J connectivity index is 2.25. The molecular weight excluding hydrogens is 174 g/mol. The number of nitrogens with zero attached hydrogens (tertiary/aromatic N) is 1. The fraction of sp³-hybridized carbons (Fsp3) is 0.167. The third-order valence-corrected chi connectivity index (χ3v) is 2.00. The van der Waals surface area contributed by atoms with Crippen molar-refractivity contribution >= 4 is 0 Å². The maximum Gasteiger partial charge on any atom is 0.194 e. The van der Waals surface area contributed by atoms with E-state index in [2.05, 4.69) is 11.9 Å². The van der Waals surface area contributed by atoms with Gasteiger partial charge in [-0.25, -0.2) is 4.98 Å². The summed E-state index contributed by atoms with van der Waals surface area (Å²) in [6, 6.07) is 9.97. The van der Waals surface area contributed by atoms with Crippen molar-refractivity contribution in [2.75, 3.05) is 0 Å². The zero-order valence-corrected chi connectivity index (χ0v) is 7.94. The highest BCUT2D eigenvalue weighted by Gasteiger charge is 2.04. The van der Waals surface area contributed by atoms with Crippen molar-refractivity contribution in [3.05, 3.63) is 49.3 Å². The summed E-state index contributed by atoms with van der Waals surface area (Å²) in [4.78, 5) is 4.18. The van der Waals surface area contributed by atoms with E-state index in [1.807, 2.05) is 30.3 Å². The average Bonchev–Trinajstić information content (AvgIpc) is 2.68. The molecular formula is C12H12NO. The molecule has 0 bridgehead atoms. The van der Waals surface area contributed by atoms with Gasteiger partial charge in [-0.15, -0.1) is 0 Å². The van der Waals surface area contributed by atoms with Crippen molar-refractivity contribution in [3.8, 4) is 11.3 Å². The number of hydrogen-bond donors (Lipinski definition) is 0. The Morgan fingerprint density at radius 1 is 1.21 bits per heavy atom. The van der Waals surface area contributed by atoms with Crippen molar-refractivity contribution in [2.24, 2.45) is 0 Å². The number of aromatic nitrogens is 1. The van der Waals surface area contributed by atoms with Crippen LogP contribution in [0.25, 0.3) is 11.3 Å². The molecule has 0 fully saturated rings. The molecule has 14 heavy (non-hydrogen) atoms. The van der Waals surface area contributed by atoms with Crippen LogP contribution in [0.5, 0.6) is 0 Å². The molecule has 0 aliphatic carbocycles. The molecule has 0 N–H and O–H groups in total. The quantitative estimate of drug-likeness (QED) is 0.736. The Morgan fingerprint density at radius 3 is 2.71 bits per heavy atom. The minimum absolute atomic E-state index is 0.763. The van der Waals surface area contributed by atoms with Crippen LogP contribution >= 0.6 is 0 Å². The second kappa shape index (κ2) is 4.09. The standard InChI is InChI=1S/C12H12NO/c1-2-6-12-13-9-11(14-12)10-7-4-3-5-8-10/h3-5,7-9H,1-2,6H2. The fourth-order valence-corrected chi connectivity index (χ4v) is 1.31. The molecule has 1 heterocycles. The average molecular weight is 186 g/mol. The SMILES string of the molecule is [CH2]CCc1ncc(-c2ccccc2)o1. The fourth-order valence-electron chi connectivity index (χ4n) is 1.31. The lowest BCUT2D eigenvalue weighted by Gasteiger charge is -1.93. The van der Waals surface area contributed by atoms with Crippen molar-refractivity contribution < 1.29 is 4.42 Å². The maximum atomic E-state index is 5.56. The van der Waals surface area contributed by atoms with E-state index >= 15 is 0 Å². The molecule has 1 aromatic heterocycles. The van der Waals surface area contributed by atoms with Gasteiger partial charge in [0.15, 0.2) is 11.7 Å². The van der Waals surface area contributed by atoms with Crippen molar-refractivity contribution in [2.45, 2.75) is 12.8 Å². The zero-order chi connectivity index (χ0) is 9.80. The van der Waals surface area contributed by atoms with Crippen LogP contribution in [0.2, 0.25) is 0 Å². The smallest absolute Gasteiger partial charge is 0.194 e. The molecule has 1 aromatic carbocycles. The third-order valence-electron chi connectivity index (χ3n) is 2.00. The second-order valence-corrected chi connectivity index (χ2v) is 3.09. The van der Waals surface area contributed by atoms with E-state index in [1.54, 1.807) is 6.20 Å². The largest absolute Gasteiger partial charge is 0.441 e. The van der Waals surface area contributed by atoms with Gasteiger partial charge in [-0.05, 0) is 6.42 Å². The van der Waals surface area contributed by atoms with Gasteiger partial charge in [-0.3, -0.25) is 0 Å². The number of rotatable bonds is 3. The van der Waals surface area contributed by atoms with E-state index < -0.39 is 0 Å². The lowest BCUT2D eigenvalue weighted by atomic mass is 10.2. The van der Waals surface area contributed by atoms with E-state index in [4.69, 9.17) is 4.42 Å². The first-order chi connectivity index (χ1) is 6.90. The van der Waals surface area contributed by atoms with E-state index in [1.165, 1.54) is 0 Å². The summed E-state index contributed by atoms with van der Waals surface area (Å²) < 4.78 is 5.56. The zero-order valence-electron chi connectivity index (χ0n) is 7.94. The van der Waals surface area contributed by atoms with Gasteiger partial charge in [0.05, 0.1) is 6.20 Å². The van der Waals surface area contributed by atoms with E-state index in [0.717, 1.165) is 30.1 Å². The minimum Gasteiger partial charge on any atom is -0.441 e. The van der Waals surface area contributed by atoms with Crippen LogP contribution in [0.15, 0.2) is 40.9 Å². The lowest BCUT2D eigenvalue weighted by Crippen LogP contribution is -1.79. The number of benzene rings is 1. The Kier molecular flexibility index (Phi) is 2.63. The maximum absolute atomic E-state index is 5.56. The highest BCUT2D eigenvalue weighted by molar-refractivity contribution is 5.55. The molecule has 0 saturated carbocycles. The Labute approximate surface area is 83.6 Å². The predicted octanol–water partition coefficient (Wildman–Crippen LogP) is 3.11. The summed E-state index contributed by atoms with van der Waals surface area (Å²) >= 11 is 0. The summed E-state index contributed by atoms with van der Waals surface area (Å²) in [5.41, 5.74) is 1.07.